The van der Waals surface area contributed by atoms with Gasteiger partial charge in [0.25, 0.3) is 0 Å². The van der Waals surface area contributed by atoms with Crippen molar-refractivity contribution in [2.45, 2.75) is 64.1 Å². The lowest BCUT2D eigenvalue weighted by molar-refractivity contribution is 0.00259. The zero-order valence-electron chi connectivity index (χ0n) is 14.6. The highest BCUT2D eigenvalue weighted by Gasteiger charge is 2.38. The molecule has 1 aromatic rings. The maximum Gasteiger partial charge on any atom is 0.410 e. The van der Waals surface area contributed by atoms with Gasteiger partial charge in [-0.2, -0.15) is 0 Å². The van der Waals surface area contributed by atoms with Gasteiger partial charge in [0.15, 0.2) is 0 Å². The normalized spacial score (nSPS) is 24.8. The van der Waals surface area contributed by atoms with Crippen molar-refractivity contribution in [1.82, 2.24) is 10.2 Å². The zero-order chi connectivity index (χ0) is 16.6. The van der Waals surface area contributed by atoms with Crippen LogP contribution in [0.3, 0.4) is 0 Å². The molecule has 1 heterocycles. The van der Waals surface area contributed by atoms with Crippen LogP contribution in [-0.4, -0.2) is 41.8 Å². The number of ether oxygens (including phenoxy) is 1. The SMILES string of the molecule is Cc1cccc(C2CC(NC3CN(C(=O)OC(C)(C)C)C3)C2)c1. The molecule has 4 heteroatoms. The number of rotatable bonds is 3. The van der Waals surface area contributed by atoms with Gasteiger partial charge < -0.3 is 15.0 Å². The van der Waals surface area contributed by atoms with E-state index in [9.17, 15) is 4.79 Å². The van der Waals surface area contributed by atoms with Crippen molar-refractivity contribution in [3.05, 3.63) is 35.4 Å². The maximum atomic E-state index is 11.9. The molecule has 1 aliphatic carbocycles. The Hall–Kier alpha value is -1.55. The Kier molecular flexibility index (Phi) is 4.37. The smallest absolute Gasteiger partial charge is 0.410 e. The molecule has 0 radical (unpaired) electrons. The lowest BCUT2D eigenvalue weighted by atomic mass is 9.75. The van der Waals surface area contributed by atoms with Crippen LogP contribution in [0, 0.1) is 6.92 Å². The minimum Gasteiger partial charge on any atom is -0.444 e. The van der Waals surface area contributed by atoms with Crippen LogP contribution in [0.15, 0.2) is 24.3 Å². The summed E-state index contributed by atoms with van der Waals surface area (Å²) in [6.07, 6.45) is 2.21. The van der Waals surface area contributed by atoms with Crippen LogP contribution in [-0.2, 0) is 4.74 Å². The van der Waals surface area contributed by atoms with E-state index >= 15 is 0 Å². The van der Waals surface area contributed by atoms with Crippen LogP contribution in [0.5, 0.6) is 0 Å². The number of aryl methyl sites for hydroxylation is 1. The Morgan fingerprint density at radius 2 is 1.91 bits per heavy atom. The molecule has 1 saturated carbocycles. The van der Waals surface area contributed by atoms with E-state index in [1.165, 1.54) is 24.0 Å². The van der Waals surface area contributed by atoms with E-state index in [0.717, 1.165) is 13.1 Å². The number of hydrogen-bond donors (Lipinski definition) is 1. The van der Waals surface area contributed by atoms with Gasteiger partial charge in [-0.25, -0.2) is 4.79 Å². The molecule has 1 N–H and O–H groups in total. The van der Waals surface area contributed by atoms with Gasteiger partial charge in [0, 0.05) is 25.2 Å². The zero-order valence-corrected chi connectivity index (χ0v) is 14.6. The molecule has 23 heavy (non-hydrogen) atoms. The highest BCUT2D eigenvalue weighted by molar-refractivity contribution is 5.69. The average molecular weight is 316 g/mol. The van der Waals surface area contributed by atoms with E-state index in [4.69, 9.17) is 4.74 Å². The summed E-state index contributed by atoms with van der Waals surface area (Å²) in [7, 11) is 0. The number of benzene rings is 1. The van der Waals surface area contributed by atoms with Crippen molar-refractivity contribution in [2.75, 3.05) is 13.1 Å². The number of carbonyl (C=O) groups excluding carboxylic acids is 1. The highest BCUT2D eigenvalue weighted by atomic mass is 16.6. The van der Waals surface area contributed by atoms with Gasteiger partial charge in [-0.3, -0.25) is 0 Å². The van der Waals surface area contributed by atoms with E-state index < -0.39 is 5.60 Å². The van der Waals surface area contributed by atoms with Gasteiger partial charge in [0.1, 0.15) is 5.60 Å². The first-order valence-corrected chi connectivity index (χ1v) is 8.61. The monoisotopic (exact) mass is 316 g/mol. The van der Waals surface area contributed by atoms with Crippen LogP contribution in [0.1, 0.15) is 50.7 Å². The first-order chi connectivity index (χ1) is 10.8. The van der Waals surface area contributed by atoms with E-state index in [-0.39, 0.29) is 6.09 Å². The first-order valence-electron chi connectivity index (χ1n) is 8.61. The molecule has 2 aliphatic rings. The van der Waals surface area contributed by atoms with Crippen LogP contribution in [0.2, 0.25) is 0 Å². The van der Waals surface area contributed by atoms with Crippen molar-refractivity contribution in [2.24, 2.45) is 0 Å². The van der Waals surface area contributed by atoms with E-state index in [1.54, 1.807) is 4.90 Å². The maximum absolute atomic E-state index is 11.9. The molecule has 4 nitrogen and oxygen atoms in total. The van der Waals surface area contributed by atoms with Crippen LogP contribution in [0.25, 0.3) is 0 Å². The van der Waals surface area contributed by atoms with Gasteiger partial charge in [-0.15, -0.1) is 0 Å². The summed E-state index contributed by atoms with van der Waals surface area (Å²) in [5, 5.41) is 3.67. The number of nitrogens with one attached hydrogen (secondary N) is 1. The summed E-state index contributed by atoms with van der Waals surface area (Å²) in [4.78, 5) is 13.7. The second-order valence-corrected chi connectivity index (χ2v) is 8.03. The van der Waals surface area contributed by atoms with E-state index in [1.807, 2.05) is 20.8 Å². The number of hydrogen-bond acceptors (Lipinski definition) is 3. The molecule has 0 unspecified atom stereocenters. The minimum absolute atomic E-state index is 0.193. The molecule has 1 aromatic carbocycles. The van der Waals surface area contributed by atoms with Gasteiger partial charge in [0.05, 0.1) is 0 Å². The van der Waals surface area contributed by atoms with Crippen LogP contribution < -0.4 is 5.32 Å². The molecule has 3 rings (SSSR count). The second kappa shape index (κ2) is 6.16. The third-order valence-electron chi connectivity index (χ3n) is 4.66. The van der Waals surface area contributed by atoms with Crippen molar-refractivity contribution in [1.29, 1.82) is 0 Å². The first kappa shape index (κ1) is 16.3. The van der Waals surface area contributed by atoms with Gasteiger partial charge in [-0.05, 0) is 52.0 Å². The second-order valence-electron chi connectivity index (χ2n) is 8.03. The van der Waals surface area contributed by atoms with Crippen LogP contribution >= 0.6 is 0 Å². The topological polar surface area (TPSA) is 41.6 Å². The summed E-state index contributed by atoms with van der Waals surface area (Å²) >= 11 is 0. The standard InChI is InChI=1S/C19H28N2O2/c1-13-6-5-7-14(8-13)15-9-16(10-15)20-17-11-21(12-17)18(22)23-19(2,3)4/h5-8,15-17,20H,9-12H2,1-4H3. The van der Waals surface area contributed by atoms with Gasteiger partial charge >= 0.3 is 6.09 Å². The molecule has 126 valence electrons. The highest BCUT2D eigenvalue weighted by Crippen LogP contribution is 2.37. The fraction of sp³-hybridized carbons (Fsp3) is 0.632. The molecule has 0 aromatic heterocycles. The van der Waals surface area contributed by atoms with Gasteiger partial charge in [-0.1, -0.05) is 29.8 Å². The number of likely N-dealkylation sites (tertiary alicyclic amines) is 1. The van der Waals surface area contributed by atoms with Crippen molar-refractivity contribution < 1.29 is 9.53 Å². The molecule has 0 atom stereocenters. The quantitative estimate of drug-likeness (QED) is 0.928. The largest absolute Gasteiger partial charge is 0.444 e. The van der Waals surface area contributed by atoms with E-state index in [2.05, 4.69) is 36.5 Å². The Bertz CT molecular complexity index is 567. The third-order valence-corrected chi connectivity index (χ3v) is 4.66. The molecular formula is C19H28N2O2. The molecule has 1 aliphatic heterocycles. The predicted molar refractivity (Wildman–Crippen MR) is 91.7 cm³/mol. The molecule has 1 amide bonds. The summed E-state index contributed by atoms with van der Waals surface area (Å²) < 4.78 is 5.38. The lowest BCUT2D eigenvalue weighted by Gasteiger charge is -2.45. The summed E-state index contributed by atoms with van der Waals surface area (Å²) in [5.41, 5.74) is 2.39. The number of carbonyl (C=O) groups is 1. The van der Waals surface area contributed by atoms with E-state index in [0.29, 0.717) is 18.0 Å². The fourth-order valence-electron chi connectivity index (χ4n) is 3.34. The molecule has 0 spiro atoms. The predicted octanol–water partition coefficient (Wildman–Crippen LogP) is 3.45. The Balaban J connectivity index is 1.37. The van der Waals surface area contributed by atoms with Crippen LogP contribution in [0.4, 0.5) is 4.79 Å². The van der Waals surface area contributed by atoms with Gasteiger partial charge in [0.2, 0.25) is 0 Å². The Morgan fingerprint density at radius 1 is 1.22 bits per heavy atom. The van der Waals surface area contributed by atoms with Crippen molar-refractivity contribution >= 4 is 6.09 Å². The third kappa shape index (κ3) is 4.05. The Morgan fingerprint density at radius 3 is 2.52 bits per heavy atom. The molecular weight excluding hydrogens is 288 g/mol. The lowest BCUT2D eigenvalue weighted by Crippen LogP contribution is -2.63. The summed E-state index contributed by atoms with van der Waals surface area (Å²) in [6.45, 7) is 9.39. The number of amides is 1. The fourth-order valence-corrected chi connectivity index (χ4v) is 3.34. The number of nitrogens with zero attached hydrogens (tertiary/aromatic N) is 1. The van der Waals surface area contributed by atoms with Crippen molar-refractivity contribution in [3.63, 3.8) is 0 Å². The molecule has 0 bridgehead atoms. The average Bonchev–Trinajstić information content (AvgIpc) is 2.32. The van der Waals surface area contributed by atoms with Crippen molar-refractivity contribution in [3.8, 4) is 0 Å². The Labute approximate surface area is 139 Å². The minimum atomic E-state index is -0.412. The summed E-state index contributed by atoms with van der Waals surface area (Å²) in [5.74, 6) is 0.689. The molecule has 1 saturated heterocycles. The summed E-state index contributed by atoms with van der Waals surface area (Å²) in [6, 6.07) is 9.85. The molecule has 2 fully saturated rings.